The molecule has 0 aliphatic heterocycles. The largest absolute Gasteiger partial charge is 0.347 e. The maximum Gasteiger partial charge on any atom is 0.261 e. The predicted molar refractivity (Wildman–Crippen MR) is 85.8 cm³/mol. The molecule has 0 bridgehead atoms. The Kier molecular flexibility index (Phi) is 4.45. The van der Waals surface area contributed by atoms with Crippen LogP contribution in [-0.2, 0) is 0 Å². The summed E-state index contributed by atoms with van der Waals surface area (Å²) >= 11 is 7.68. The van der Waals surface area contributed by atoms with E-state index < -0.39 is 0 Å². The highest BCUT2D eigenvalue weighted by Gasteiger charge is 2.24. The molecular weight excluding hydrogens is 309 g/mol. The van der Waals surface area contributed by atoms with E-state index in [1.807, 2.05) is 6.07 Å². The van der Waals surface area contributed by atoms with Crippen molar-refractivity contribution in [2.24, 2.45) is 0 Å². The number of amides is 1. The van der Waals surface area contributed by atoms with Gasteiger partial charge in [0.05, 0.1) is 10.3 Å². The van der Waals surface area contributed by atoms with Crippen LogP contribution in [0.2, 0.25) is 0 Å². The molecule has 2 nitrogen and oxygen atoms in total. The number of carbonyl (C=O) groups excluding carboxylic acids is 1. The molecule has 0 spiro atoms. The molecule has 21 heavy (non-hydrogen) atoms. The first kappa shape index (κ1) is 14.8. The molecule has 112 valence electrons. The Morgan fingerprint density at radius 3 is 2.90 bits per heavy atom. The fourth-order valence-electron chi connectivity index (χ4n) is 2.78. The Bertz CT molecular complexity index is 657. The Balaban J connectivity index is 1.76. The van der Waals surface area contributed by atoms with E-state index in [2.05, 4.69) is 5.32 Å². The topological polar surface area (TPSA) is 29.1 Å². The van der Waals surface area contributed by atoms with Gasteiger partial charge in [-0.3, -0.25) is 4.79 Å². The molecule has 1 heterocycles. The number of halogens is 2. The maximum absolute atomic E-state index is 13.2. The highest BCUT2D eigenvalue weighted by Crippen LogP contribution is 2.27. The number of nitrogens with one attached hydrogen (secondary N) is 1. The van der Waals surface area contributed by atoms with Gasteiger partial charge in [-0.1, -0.05) is 25.3 Å². The first-order valence-electron chi connectivity index (χ1n) is 7.27. The molecule has 1 aliphatic rings. The average molecular weight is 326 g/mol. The highest BCUT2D eigenvalue weighted by molar-refractivity contribution is 7.20. The van der Waals surface area contributed by atoms with E-state index in [4.69, 9.17) is 11.6 Å². The Morgan fingerprint density at radius 2 is 2.05 bits per heavy atom. The fourth-order valence-corrected chi connectivity index (χ4v) is 4.12. The minimum absolute atomic E-state index is 0.00303. The quantitative estimate of drug-likeness (QED) is 0.628. The van der Waals surface area contributed by atoms with Gasteiger partial charge in [-0.05, 0) is 36.4 Å². The van der Waals surface area contributed by atoms with E-state index in [1.165, 1.54) is 29.9 Å². The number of thiophene rings is 1. The first-order valence-corrected chi connectivity index (χ1v) is 8.53. The lowest BCUT2D eigenvalue weighted by Crippen LogP contribution is -2.40. The van der Waals surface area contributed by atoms with E-state index in [9.17, 15) is 9.18 Å². The Morgan fingerprint density at radius 1 is 1.24 bits per heavy atom. The zero-order valence-corrected chi connectivity index (χ0v) is 13.1. The van der Waals surface area contributed by atoms with Crippen LogP contribution in [0.5, 0.6) is 0 Å². The SMILES string of the molecule is O=C(NC1CCCCCC1Cl)c1cc2ccc(F)cc2s1. The second kappa shape index (κ2) is 6.32. The third-order valence-corrected chi connectivity index (χ3v) is 5.57. The van der Waals surface area contributed by atoms with Crippen molar-refractivity contribution in [1.82, 2.24) is 5.32 Å². The van der Waals surface area contributed by atoms with Crippen molar-refractivity contribution in [3.05, 3.63) is 35.0 Å². The molecule has 1 fully saturated rings. The van der Waals surface area contributed by atoms with Crippen molar-refractivity contribution in [3.63, 3.8) is 0 Å². The number of benzene rings is 1. The molecule has 2 aromatic rings. The van der Waals surface area contributed by atoms with Gasteiger partial charge < -0.3 is 5.32 Å². The summed E-state index contributed by atoms with van der Waals surface area (Å²) in [5.74, 6) is -0.380. The molecule has 1 aromatic heterocycles. The second-order valence-electron chi connectivity index (χ2n) is 5.53. The van der Waals surface area contributed by atoms with Crippen molar-refractivity contribution in [3.8, 4) is 0 Å². The monoisotopic (exact) mass is 325 g/mol. The van der Waals surface area contributed by atoms with Crippen LogP contribution in [0.3, 0.4) is 0 Å². The lowest BCUT2D eigenvalue weighted by atomic mass is 10.1. The summed E-state index contributed by atoms with van der Waals surface area (Å²) < 4.78 is 14.0. The van der Waals surface area contributed by atoms with Crippen molar-refractivity contribution >= 4 is 38.9 Å². The van der Waals surface area contributed by atoms with Crippen molar-refractivity contribution in [1.29, 1.82) is 0 Å². The molecule has 1 aromatic carbocycles. The van der Waals surface area contributed by atoms with Gasteiger partial charge in [0, 0.05) is 10.7 Å². The average Bonchev–Trinajstić information content (AvgIpc) is 2.78. The summed E-state index contributed by atoms with van der Waals surface area (Å²) in [5, 5.41) is 3.95. The summed E-state index contributed by atoms with van der Waals surface area (Å²) in [6, 6.07) is 6.43. The lowest BCUT2D eigenvalue weighted by molar-refractivity contribution is 0.0938. The van der Waals surface area contributed by atoms with Gasteiger partial charge in [-0.15, -0.1) is 22.9 Å². The zero-order valence-electron chi connectivity index (χ0n) is 11.6. The molecule has 0 radical (unpaired) electrons. The maximum atomic E-state index is 13.2. The standard InChI is InChI=1S/C16H17ClFNOS/c17-12-4-2-1-3-5-13(12)19-16(20)15-8-10-6-7-11(18)9-14(10)21-15/h6-9,12-13H,1-5H2,(H,19,20). The highest BCUT2D eigenvalue weighted by atomic mass is 35.5. The molecule has 2 atom stereocenters. The molecule has 1 amide bonds. The molecule has 1 aliphatic carbocycles. The van der Waals surface area contributed by atoms with Gasteiger partial charge in [0.1, 0.15) is 5.82 Å². The van der Waals surface area contributed by atoms with Gasteiger partial charge in [0.15, 0.2) is 0 Å². The van der Waals surface area contributed by atoms with Crippen molar-refractivity contribution < 1.29 is 9.18 Å². The smallest absolute Gasteiger partial charge is 0.261 e. The minimum Gasteiger partial charge on any atom is -0.347 e. The van der Waals surface area contributed by atoms with Crippen LogP contribution in [0, 0.1) is 5.82 Å². The van der Waals surface area contributed by atoms with Crippen LogP contribution in [0.4, 0.5) is 4.39 Å². The fraction of sp³-hybridized carbons (Fsp3) is 0.438. The van der Waals surface area contributed by atoms with Crippen molar-refractivity contribution in [2.75, 3.05) is 0 Å². The van der Waals surface area contributed by atoms with Gasteiger partial charge in [0.2, 0.25) is 0 Å². The lowest BCUT2D eigenvalue weighted by Gasteiger charge is -2.20. The number of hydrogen-bond donors (Lipinski definition) is 1. The summed E-state index contributed by atoms with van der Waals surface area (Å²) in [5.41, 5.74) is 0. The third-order valence-electron chi connectivity index (χ3n) is 3.95. The van der Waals surface area contributed by atoms with Crippen LogP contribution in [0.15, 0.2) is 24.3 Å². The molecule has 5 heteroatoms. The van der Waals surface area contributed by atoms with Crippen LogP contribution in [-0.4, -0.2) is 17.3 Å². The molecule has 1 N–H and O–H groups in total. The number of carbonyl (C=O) groups is 1. The summed E-state index contributed by atoms with van der Waals surface area (Å²) in [4.78, 5) is 13.0. The normalized spacial score (nSPS) is 23.0. The number of rotatable bonds is 2. The summed E-state index contributed by atoms with van der Waals surface area (Å²) in [6.07, 6.45) is 5.29. The number of fused-ring (bicyclic) bond motifs is 1. The zero-order chi connectivity index (χ0) is 14.8. The van der Waals surface area contributed by atoms with Crippen LogP contribution in [0.1, 0.15) is 41.8 Å². The van der Waals surface area contributed by atoms with Crippen LogP contribution < -0.4 is 5.32 Å². The van der Waals surface area contributed by atoms with Gasteiger partial charge in [-0.25, -0.2) is 4.39 Å². The molecule has 0 saturated heterocycles. The first-order chi connectivity index (χ1) is 10.1. The van der Waals surface area contributed by atoms with E-state index in [0.717, 1.165) is 35.8 Å². The van der Waals surface area contributed by atoms with E-state index in [0.29, 0.717) is 4.88 Å². The predicted octanol–water partition coefficient (Wildman–Crippen LogP) is 4.71. The van der Waals surface area contributed by atoms with Gasteiger partial charge in [0.25, 0.3) is 5.91 Å². The molecule has 1 saturated carbocycles. The number of hydrogen-bond acceptors (Lipinski definition) is 2. The van der Waals surface area contributed by atoms with Crippen molar-refractivity contribution in [2.45, 2.75) is 43.5 Å². The molecular formula is C16H17ClFNOS. The van der Waals surface area contributed by atoms with Gasteiger partial charge in [-0.2, -0.15) is 0 Å². The van der Waals surface area contributed by atoms with E-state index >= 15 is 0 Å². The second-order valence-corrected chi connectivity index (χ2v) is 7.17. The van der Waals surface area contributed by atoms with Gasteiger partial charge >= 0.3 is 0 Å². The molecule has 2 unspecified atom stereocenters. The third kappa shape index (κ3) is 3.38. The van der Waals surface area contributed by atoms with E-state index in [-0.39, 0.29) is 23.1 Å². The number of alkyl halides is 1. The summed E-state index contributed by atoms with van der Waals surface area (Å²) in [7, 11) is 0. The minimum atomic E-state index is -0.277. The Labute approximate surface area is 132 Å². The molecule has 3 rings (SSSR count). The van der Waals surface area contributed by atoms with Crippen LogP contribution in [0.25, 0.3) is 10.1 Å². The van der Waals surface area contributed by atoms with E-state index in [1.54, 1.807) is 6.07 Å². The summed E-state index contributed by atoms with van der Waals surface area (Å²) in [6.45, 7) is 0. The van der Waals surface area contributed by atoms with Crippen LogP contribution >= 0.6 is 22.9 Å². The Hall–Kier alpha value is -1.13.